The highest BCUT2D eigenvalue weighted by molar-refractivity contribution is 5.40. The van der Waals surface area contributed by atoms with Crippen LogP contribution in [0, 0.1) is 23.2 Å². The van der Waals surface area contributed by atoms with Crippen LogP contribution < -0.4 is 0 Å². The van der Waals surface area contributed by atoms with Crippen LogP contribution in [0.3, 0.4) is 0 Å². The van der Waals surface area contributed by atoms with E-state index < -0.39 is 0 Å². The molecular weight excluding hydrogens is 244 g/mol. The summed E-state index contributed by atoms with van der Waals surface area (Å²) in [5.74, 6) is 3.53. The second kappa shape index (κ2) is 4.79. The Kier molecular flexibility index (Phi) is 3.35. The van der Waals surface area contributed by atoms with Crippen molar-refractivity contribution >= 4 is 0 Å². The van der Waals surface area contributed by atoms with E-state index in [1.807, 2.05) is 12.1 Å². The Labute approximate surface area is 123 Å². The van der Waals surface area contributed by atoms with Crippen molar-refractivity contribution in [2.45, 2.75) is 59.3 Å². The molecule has 0 saturated heterocycles. The molecule has 1 N–H and O–H groups in total. The summed E-state index contributed by atoms with van der Waals surface area (Å²) in [7, 11) is 0. The molecule has 0 aromatic heterocycles. The standard InChI is InChI=1S/C19H28O/c1-5-13-10-14-11-15(20)6-7-16(14)17-8-9-19(3,4)12(2)18(13)17/h6-7,11-13,17-18,20H,5,8-10H2,1-4H3. The van der Waals surface area contributed by atoms with Gasteiger partial charge in [0.15, 0.2) is 0 Å². The summed E-state index contributed by atoms with van der Waals surface area (Å²) in [6, 6.07) is 6.09. The Balaban J connectivity index is 2.04. The number of benzene rings is 1. The van der Waals surface area contributed by atoms with Gasteiger partial charge in [0.1, 0.15) is 5.75 Å². The molecule has 2 aliphatic rings. The molecule has 3 rings (SSSR count). The monoisotopic (exact) mass is 272 g/mol. The van der Waals surface area contributed by atoms with Gasteiger partial charge in [0.25, 0.3) is 0 Å². The smallest absolute Gasteiger partial charge is 0.115 e. The lowest BCUT2D eigenvalue weighted by Gasteiger charge is -2.52. The summed E-state index contributed by atoms with van der Waals surface area (Å²) < 4.78 is 0. The van der Waals surface area contributed by atoms with Gasteiger partial charge >= 0.3 is 0 Å². The van der Waals surface area contributed by atoms with Crippen LogP contribution in [0.5, 0.6) is 5.75 Å². The van der Waals surface area contributed by atoms with Gasteiger partial charge in [-0.2, -0.15) is 0 Å². The highest BCUT2D eigenvalue weighted by atomic mass is 16.3. The van der Waals surface area contributed by atoms with Gasteiger partial charge in [0, 0.05) is 0 Å². The molecule has 110 valence electrons. The van der Waals surface area contributed by atoms with Crippen LogP contribution >= 0.6 is 0 Å². The first-order valence-electron chi connectivity index (χ1n) is 8.26. The number of aromatic hydroxyl groups is 1. The van der Waals surface area contributed by atoms with E-state index in [1.54, 1.807) is 0 Å². The predicted octanol–water partition coefficient (Wildman–Crippen LogP) is 5.13. The largest absolute Gasteiger partial charge is 0.508 e. The van der Waals surface area contributed by atoms with E-state index in [1.165, 1.54) is 30.4 Å². The van der Waals surface area contributed by atoms with E-state index in [0.717, 1.165) is 24.2 Å². The Bertz CT molecular complexity index is 502. The third-order valence-electron chi connectivity index (χ3n) is 6.45. The number of rotatable bonds is 1. The predicted molar refractivity (Wildman–Crippen MR) is 84.0 cm³/mol. The Morgan fingerprint density at radius 3 is 2.75 bits per heavy atom. The Morgan fingerprint density at radius 2 is 2.05 bits per heavy atom. The number of hydrogen-bond donors (Lipinski definition) is 1. The van der Waals surface area contributed by atoms with Crippen LogP contribution in [0.1, 0.15) is 64.0 Å². The molecule has 0 radical (unpaired) electrons. The third-order valence-corrected chi connectivity index (χ3v) is 6.45. The Morgan fingerprint density at radius 1 is 1.30 bits per heavy atom. The fourth-order valence-corrected chi connectivity index (χ4v) is 4.88. The van der Waals surface area contributed by atoms with Crippen LogP contribution in [-0.4, -0.2) is 5.11 Å². The molecule has 1 nitrogen and oxygen atoms in total. The first-order valence-corrected chi connectivity index (χ1v) is 8.26. The van der Waals surface area contributed by atoms with Crippen molar-refractivity contribution in [3.63, 3.8) is 0 Å². The van der Waals surface area contributed by atoms with E-state index in [4.69, 9.17) is 0 Å². The lowest BCUT2D eigenvalue weighted by Crippen LogP contribution is -2.43. The summed E-state index contributed by atoms with van der Waals surface area (Å²) in [6.07, 6.45) is 5.06. The normalized spacial score (nSPS) is 35.2. The fourth-order valence-electron chi connectivity index (χ4n) is 4.88. The van der Waals surface area contributed by atoms with E-state index in [0.29, 0.717) is 17.1 Å². The molecule has 0 heterocycles. The molecule has 20 heavy (non-hydrogen) atoms. The van der Waals surface area contributed by atoms with Gasteiger partial charge in [-0.1, -0.05) is 40.2 Å². The zero-order valence-electron chi connectivity index (χ0n) is 13.3. The summed E-state index contributed by atoms with van der Waals surface area (Å²) in [5, 5.41) is 9.78. The lowest BCUT2D eigenvalue weighted by atomic mass is 9.52. The molecule has 1 aromatic rings. The lowest BCUT2D eigenvalue weighted by molar-refractivity contribution is 0.0248. The molecule has 1 aromatic carbocycles. The molecule has 4 atom stereocenters. The van der Waals surface area contributed by atoms with Crippen LogP contribution in [-0.2, 0) is 6.42 Å². The highest BCUT2D eigenvalue weighted by Crippen LogP contribution is 2.56. The van der Waals surface area contributed by atoms with Crippen molar-refractivity contribution < 1.29 is 5.11 Å². The van der Waals surface area contributed by atoms with Crippen LogP contribution in [0.2, 0.25) is 0 Å². The van der Waals surface area contributed by atoms with E-state index in [-0.39, 0.29) is 0 Å². The van der Waals surface area contributed by atoms with Crippen molar-refractivity contribution in [2.75, 3.05) is 0 Å². The first-order chi connectivity index (χ1) is 9.44. The molecule has 2 aliphatic carbocycles. The molecule has 0 aliphatic heterocycles. The van der Waals surface area contributed by atoms with Gasteiger partial charge < -0.3 is 5.11 Å². The minimum atomic E-state index is 0.432. The maximum absolute atomic E-state index is 9.78. The molecule has 0 bridgehead atoms. The van der Waals surface area contributed by atoms with Gasteiger partial charge in [0.2, 0.25) is 0 Å². The molecular formula is C19H28O. The average molecular weight is 272 g/mol. The van der Waals surface area contributed by atoms with Crippen molar-refractivity contribution in [3.05, 3.63) is 29.3 Å². The van der Waals surface area contributed by atoms with Gasteiger partial charge in [-0.25, -0.2) is 0 Å². The van der Waals surface area contributed by atoms with Gasteiger partial charge in [0.05, 0.1) is 0 Å². The molecule has 1 fully saturated rings. The van der Waals surface area contributed by atoms with Crippen LogP contribution in [0.4, 0.5) is 0 Å². The zero-order chi connectivity index (χ0) is 14.5. The quantitative estimate of drug-likeness (QED) is 0.751. The number of hydrogen-bond acceptors (Lipinski definition) is 1. The minimum Gasteiger partial charge on any atom is -0.508 e. The van der Waals surface area contributed by atoms with E-state index in [9.17, 15) is 5.11 Å². The first kappa shape index (κ1) is 14.0. The third kappa shape index (κ3) is 2.06. The van der Waals surface area contributed by atoms with Crippen LogP contribution in [0.15, 0.2) is 18.2 Å². The van der Waals surface area contributed by atoms with Crippen molar-refractivity contribution in [1.82, 2.24) is 0 Å². The highest BCUT2D eigenvalue weighted by Gasteiger charge is 2.47. The van der Waals surface area contributed by atoms with E-state index in [2.05, 4.69) is 33.8 Å². The molecule has 0 amide bonds. The van der Waals surface area contributed by atoms with Crippen molar-refractivity contribution in [3.8, 4) is 5.75 Å². The number of phenols is 1. The number of fused-ring (bicyclic) bond motifs is 3. The minimum absolute atomic E-state index is 0.432. The number of phenolic OH excluding ortho intramolecular Hbond substituents is 1. The van der Waals surface area contributed by atoms with Gasteiger partial charge in [-0.05, 0) is 71.6 Å². The Hall–Kier alpha value is -0.980. The van der Waals surface area contributed by atoms with Gasteiger partial charge in [-0.3, -0.25) is 0 Å². The average Bonchev–Trinajstić information content (AvgIpc) is 2.41. The molecule has 1 saturated carbocycles. The summed E-state index contributed by atoms with van der Waals surface area (Å²) >= 11 is 0. The second-order valence-corrected chi connectivity index (χ2v) is 7.76. The topological polar surface area (TPSA) is 20.2 Å². The van der Waals surface area contributed by atoms with Crippen LogP contribution in [0.25, 0.3) is 0 Å². The summed E-state index contributed by atoms with van der Waals surface area (Å²) in [4.78, 5) is 0. The molecule has 1 heteroatoms. The van der Waals surface area contributed by atoms with E-state index >= 15 is 0 Å². The second-order valence-electron chi connectivity index (χ2n) is 7.76. The summed E-state index contributed by atoms with van der Waals surface area (Å²) in [5.41, 5.74) is 3.41. The maximum Gasteiger partial charge on any atom is 0.115 e. The van der Waals surface area contributed by atoms with Gasteiger partial charge in [-0.15, -0.1) is 0 Å². The van der Waals surface area contributed by atoms with Crippen molar-refractivity contribution in [1.29, 1.82) is 0 Å². The maximum atomic E-state index is 9.78. The fraction of sp³-hybridized carbons (Fsp3) is 0.684. The molecule has 0 spiro atoms. The molecule has 4 unspecified atom stereocenters. The zero-order valence-corrected chi connectivity index (χ0v) is 13.3. The SMILES string of the molecule is CCC1Cc2cc(O)ccc2C2CCC(C)(C)C(C)C12. The summed E-state index contributed by atoms with van der Waals surface area (Å²) in [6.45, 7) is 9.72. The van der Waals surface area contributed by atoms with Crippen molar-refractivity contribution in [2.24, 2.45) is 23.2 Å².